The van der Waals surface area contributed by atoms with Crippen LogP contribution in [0.15, 0.2) is 36.4 Å². The lowest BCUT2D eigenvalue weighted by atomic mass is 10.1. The van der Waals surface area contributed by atoms with E-state index in [1.165, 1.54) is 5.56 Å². The van der Waals surface area contributed by atoms with Crippen molar-refractivity contribution in [3.8, 4) is 11.5 Å². The van der Waals surface area contributed by atoms with Gasteiger partial charge < -0.3 is 14.8 Å². The molecule has 0 atom stereocenters. The first-order valence-corrected chi connectivity index (χ1v) is 8.68. The zero-order valence-electron chi connectivity index (χ0n) is 15.5. The van der Waals surface area contributed by atoms with Crippen molar-refractivity contribution in [3.05, 3.63) is 58.7 Å². The predicted molar refractivity (Wildman–Crippen MR) is 100 cm³/mol. The Labute approximate surface area is 150 Å². The Morgan fingerprint density at radius 3 is 2.44 bits per heavy atom. The van der Waals surface area contributed by atoms with Crippen molar-refractivity contribution in [3.63, 3.8) is 0 Å². The number of aryl methyl sites for hydroxylation is 3. The SMILES string of the molecule is CCc1ccc(OCCNC(=O)COc2cc(C)cc(C)c2C)cc1. The van der Waals surface area contributed by atoms with Crippen molar-refractivity contribution >= 4 is 5.91 Å². The van der Waals surface area contributed by atoms with Crippen LogP contribution in [-0.4, -0.2) is 25.7 Å². The minimum absolute atomic E-state index is 0.00886. The number of hydrogen-bond acceptors (Lipinski definition) is 3. The maximum atomic E-state index is 11.9. The van der Waals surface area contributed by atoms with Crippen molar-refractivity contribution in [2.24, 2.45) is 0 Å². The second-order valence-corrected chi connectivity index (χ2v) is 6.19. The first-order chi connectivity index (χ1) is 12.0. The molecule has 4 nitrogen and oxygen atoms in total. The van der Waals surface area contributed by atoms with E-state index in [4.69, 9.17) is 9.47 Å². The molecule has 0 aliphatic rings. The van der Waals surface area contributed by atoms with E-state index >= 15 is 0 Å². The Bertz CT molecular complexity index is 708. The van der Waals surface area contributed by atoms with Gasteiger partial charge in [-0.05, 0) is 67.6 Å². The molecule has 0 fully saturated rings. The molecule has 0 saturated heterocycles. The number of carbonyl (C=O) groups is 1. The molecule has 4 heteroatoms. The Balaban J connectivity index is 1.70. The van der Waals surface area contributed by atoms with Crippen LogP contribution >= 0.6 is 0 Å². The van der Waals surface area contributed by atoms with Crippen LogP contribution in [-0.2, 0) is 11.2 Å². The van der Waals surface area contributed by atoms with Crippen molar-refractivity contribution in [1.29, 1.82) is 0 Å². The second kappa shape index (κ2) is 9.11. The van der Waals surface area contributed by atoms with Crippen LogP contribution in [0.5, 0.6) is 11.5 Å². The van der Waals surface area contributed by atoms with E-state index in [9.17, 15) is 4.79 Å². The molecule has 0 bridgehead atoms. The molecular formula is C21H27NO3. The van der Waals surface area contributed by atoms with Gasteiger partial charge >= 0.3 is 0 Å². The number of nitrogens with one attached hydrogen (secondary N) is 1. The van der Waals surface area contributed by atoms with E-state index in [2.05, 4.69) is 18.3 Å². The Morgan fingerprint density at radius 1 is 1.04 bits per heavy atom. The smallest absolute Gasteiger partial charge is 0.258 e. The summed E-state index contributed by atoms with van der Waals surface area (Å²) in [4.78, 5) is 11.9. The highest BCUT2D eigenvalue weighted by Crippen LogP contribution is 2.23. The number of hydrogen-bond donors (Lipinski definition) is 1. The maximum absolute atomic E-state index is 11.9. The number of rotatable bonds is 8. The highest BCUT2D eigenvalue weighted by molar-refractivity contribution is 5.77. The zero-order chi connectivity index (χ0) is 18.2. The molecule has 0 aromatic heterocycles. The van der Waals surface area contributed by atoms with E-state index in [1.54, 1.807) is 0 Å². The lowest BCUT2D eigenvalue weighted by Crippen LogP contribution is -2.32. The molecule has 0 heterocycles. The van der Waals surface area contributed by atoms with E-state index in [0.717, 1.165) is 34.6 Å². The van der Waals surface area contributed by atoms with Crippen LogP contribution in [0.1, 0.15) is 29.2 Å². The van der Waals surface area contributed by atoms with Gasteiger partial charge in [0.05, 0.1) is 6.54 Å². The number of benzene rings is 2. The van der Waals surface area contributed by atoms with E-state index in [-0.39, 0.29) is 12.5 Å². The highest BCUT2D eigenvalue weighted by Gasteiger charge is 2.07. The summed E-state index contributed by atoms with van der Waals surface area (Å²) in [5.41, 5.74) is 4.63. The fourth-order valence-corrected chi connectivity index (χ4v) is 2.53. The maximum Gasteiger partial charge on any atom is 0.258 e. The molecule has 25 heavy (non-hydrogen) atoms. The fraction of sp³-hybridized carbons (Fsp3) is 0.381. The molecule has 2 aromatic carbocycles. The highest BCUT2D eigenvalue weighted by atomic mass is 16.5. The Morgan fingerprint density at radius 2 is 1.76 bits per heavy atom. The molecule has 1 N–H and O–H groups in total. The summed E-state index contributed by atoms with van der Waals surface area (Å²) < 4.78 is 11.3. The lowest BCUT2D eigenvalue weighted by molar-refractivity contribution is -0.123. The van der Waals surface area contributed by atoms with Crippen LogP contribution in [0.4, 0.5) is 0 Å². The van der Waals surface area contributed by atoms with Crippen molar-refractivity contribution < 1.29 is 14.3 Å². The van der Waals surface area contributed by atoms with Crippen LogP contribution in [0, 0.1) is 20.8 Å². The molecule has 0 radical (unpaired) electrons. The largest absolute Gasteiger partial charge is 0.492 e. The second-order valence-electron chi connectivity index (χ2n) is 6.19. The lowest BCUT2D eigenvalue weighted by Gasteiger charge is -2.12. The molecule has 1 amide bonds. The van der Waals surface area contributed by atoms with Crippen molar-refractivity contribution in [2.75, 3.05) is 19.8 Å². The summed E-state index contributed by atoms with van der Waals surface area (Å²) in [7, 11) is 0. The molecule has 0 aliphatic carbocycles. The summed E-state index contributed by atoms with van der Waals surface area (Å²) in [6, 6.07) is 12.1. The first-order valence-electron chi connectivity index (χ1n) is 8.68. The van der Waals surface area contributed by atoms with Gasteiger partial charge in [-0.1, -0.05) is 25.1 Å². The summed E-state index contributed by atoms with van der Waals surface area (Å²) in [5.74, 6) is 1.43. The molecule has 134 valence electrons. The van der Waals surface area contributed by atoms with Gasteiger partial charge in [-0.3, -0.25) is 4.79 Å². The van der Waals surface area contributed by atoms with Crippen LogP contribution < -0.4 is 14.8 Å². The van der Waals surface area contributed by atoms with Gasteiger partial charge in [-0.15, -0.1) is 0 Å². The van der Waals surface area contributed by atoms with Gasteiger partial charge in [-0.25, -0.2) is 0 Å². The van der Waals surface area contributed by atoms with Gasteiger partial charge in [0, 0.05) is 0 Å². The number of carbonyl (C=O) groups excluding carboxylic acids is 1. The Kier molecular flexibility index (Phi) is 6.87. The topological polar surface area (TPSA) is 47.6 Å². The van der Waals surface area contributed by atoms with E-state index in [0.29, 0.717) is 13.2 Å². The van der Waals surface area contributed by atoms with Crippen LogP contribution in [0.3, 0.4) is 0 Å². The standard InChI is InChI=1S/C21H27NO3/c1-5-18-6-8-19(9-7-18)24-11-10-22-21(23)14-25-20-13-15(2)12-16(3)17(20)4/h6-9,12-13H,5,10-11,14H2,1-4H3,(H,22,23). The van der Waals surface area contributed by atoms with Gasteiger partial charge in [0.15, 0.2) is 6.61 Å². The van der Waals surface area contributed by atoms with Gasteiger partial charge in [0.2, 0.25) is 0 Å². The molecule has 0 aliphatic heterocycles. The summed E-state index contributed by atoms with van der Waals surface area (Å²) >= 11 is 0. The Hall–Kier alpha value is -2.49. The molecule has 2 aromatic rings. The molecular weight excluding hydrogens is 314 g/mol. The fourth-order valence-electron chi connectivity index (χ4n) is 2.53. The minimum atomic E-state index is -0.150. The van der Waals surface area contributed by atoms with Crippen LogP contribution in [0.2, 0.25) is 0 Å². The van der Waals surface area contributed by atoms with E-state index < -0.39 is 0 Å². The quantitative estimate of drug-likeness (QED) is 0.744. The molecule has 0 spiro atoms. The first kappa shape index (κ1) is 18.8. The van der Waals surface area contributed by atoms with Crippen molar-refractivity contribution in [1.82, 2.24) is 5.32 Å². The summed E-state index contributed by atoms with van der Waals surface area (Å²) in [5, 5.41) is 2.81. The van der Waals surface area contributed by atoms with Gasteiger partial charge in [0.1, 0.15) is 18.1 Å². The minimum Gasteiger partial charge on any atom is -0.492 e. The summed E-state index contributed by atoms with van der Waals surface area (Å²) in [6.07, 6.45) is 1.01. The third kappa shape index (κ3) is 5.82. The van der Waals surface area contributed by atoms with Crippen LogP contribution in [0.25, 0.3) is 0 Å². The average molecular weight is 341 g/mol. The van der Waals surface area contributed by atoms with Crippen molar-refractivity contribution in [2.45, 2.75) is 34.1 Å². The third-order valence-corrected chi connectivity index (χ3v) is 4.15. The zero-order valence-corrected chi connectivity index (χ0v) is 15.5. The van der Waals surface area contributed by atoms with Gasteiger partial charge in [-0.2, -0.15) is 0 Å². The molecule has 0 unspecified atom stereocenters. The monoisotopic (exact) mass is 341 g/mol. The molecule has 2 rings (SSSR count). The average Bonchev–Trinajstić information content (AvgIpc) is 2.61. The number of amides is 1. The number of ether oxygens (including phenoxy) is 2. The summed E-state index contributed by atoms with van der Waals surface area (Å²) in [6.45, 7) is 9.06. The van der Waals surface area contributed by atoms with Gasteiger partial charge in [0.25, 0.3) is 5.91 Å². The molecule has 0 saturated carbocycles. The van der Waals surface area contributed by atoms with E-state index in [1.807, 2.05) is 51.1 Å². The third-order valence-electron chi connectivity index (χ3n) is 4.15. The normalized spacial score (nSPS) is 10.4. The predicted octanol–water partition coefficient (Wildman–Crippen LogP) is 3.75.